The van der Waals surface area contributed by atoms with Gasteiger partial charge in [-0.25, -0.2) is 4.79 Å². The quantitative estimate of drug-likeness (QED) is 0.0978. The molecule has 3 heterocycles. The molecule has 1 saturated carbocycles. The van der Waals surface area contributed by atoms with Gasteiger partial charge in [-0.2, -0.15) is 0 Å². The average molecular weight is 1000 g/mol. The van der Waals surface area contributed by atoms with Crippen LogP contribution in [0.25, 0.3) is 0 Å². The Morgan fingerprint density at radius 2 is 1.58 bits per heavy atom. The molecule has 2 saturated heterocycles. The molecule has 1 aromatic carbocycles. The van der Waals surface area contributed by atoms with Gasteiger partial charge >= 0.3 is 5.97 Å². The predicted octanol–water partition coefficient (Wildman–Crippen LogP) is 8.05. The molecule has 14 heteroatoms. The largest absolute Gasteiger partial charge is 0.460 e. The number of methoxy groups -OCH3 is 2. The van der Waals surface area contributed by atoms with Crippen molar-refractivity contribution in [2.24, 2.45) is 41.4 Å². The Labute approximate surface area is 427 Å². The Morgan fingerprint density at radius 1 is 0.861 bits per heavy atom. The molecular weight excluding hydrogens is 919 g/mol. The zero-order valence-corrected chi connectivity index (χ0v) is 44.2. The van der Waals surface area contributed by atoms with E-state index in [1.54, 1.807) is 65.1 Å². The van der Waals surface area contributed by atoms with E-state index in [1.165, 1.54) is 12.0 Å². The van der Waals surface area contributed by atoms with Gasteiger partial charge in [-0.1, -0.05) is 107 Å². The lowest BCUT2D eigenvalue weighted by Gasteiger charge is -2.43. The highest BCUT2D eigenvalue weighted by Crippen LogP contribution is 2.39. The summed E-state index contributed by atoms with van der Waals surface area (Å²) in [4.78, 5) is 86.3. The van der Waals surface area contributed by atoms with Crippen LogP contribution >= 0.6 is 0 Å². The normalized spacial score (nSPS) is 36.8. The number of amides is 1. The van der Waals surface area contributed by atoms with Gasteiger partial charge in [0.1, 0.15) is 30.1 Å². The van der Waals surface area contributed by atoms with Crippen LogP contribution in [0.2, 0.25) is 0 Å². The molecule has 0 spiro atoms. The van der Waals surface area contributed by atoms with Crippen LogP contribution in [0.3, 0.4) is 0 Å². The summed E-state index contributed by atoms with van der Waals surface area (Å²) in [6.07, 6.45) is 11.2. The molecular formula is C58H83NO13. The number of cyclic esters (lactones) is 1. The fraction of sp³-hybridized carbons (Fsp3) is 0.655. The highest BCUT2D eigenvalue weighted by atomic mass is 16.6. The van der Waals surface area contributed by atoms with E-state index in [4.69, 9.17) is 18.9 Å². The van der Waals surface area contributed by atoms with Crippen molar-refractivity contribution in [1.82, 2.24) is 4.90 Å². The van der Waals surface area contributed by atoms with Crippen molar-refractivity contribution >= 4 is 35.0 Å². The molecule has 3 N–H and O–H groups in total. The lowest BCUT2D eigenvalue weighted by atomic mass is 9.78. The summed E-state index contributed by atoms with van der Waals surface area (Å²) in [6, 6.07) is 7.80. The second-order valence-electron chi connectivity index (χ2n) is 21.6. The number of hydrogen-bond donors (Lipinski definition) is 3. The summed E-state index contributed by atoms with van der Waals surface area (Å²) in [5.74, 6) is -8.78. The van der Waals surface area contributed by atoms with Gasteiger partial charge in [0.15, 0.2) is 11.6 Å². The van der Waals surface area contributed by atoms with Crippen molar-refractivity contribution in [2.75, 3.05) is 20.8 Å². The van der Waals surface area contributed by atoms with Crippen molar-refractivity contribution in [3.8, 4) is 0 Å². The summed E-state index contributed by atoms with van der Waals surface area (Å²) < 4.78 is 23.8. The fourth-order valence-electron chi connectivity index (χ4n) is 11.2. The smallest absolute Gasteiger partial charge is 0.329 e. The Morgan fingerprint density at radius 3 is 2.28 bits per heavy atom. The first-order chi connectivity index (χ1) is 34.2. The zero-order chi connectivity index (χ0) is 52.9. The molecule has 0 unspecified atom stereocenters. The maximum atomic E-state index is 14.5. The lowest BCUT2D eigenvalue weighted by Crippen LogP contribution is -2.60. The number of fused-ring (bicyclic) bond motifs is 3. The molecule has 5 rings (SSSR count). The van der Waals surface area contributed by atoms with Gasteiger partial charge in [0.05, 0.1) is 18.3 Å². The number of esters is 1. The zero-order valence-electron chi connectivity index (χ0n) is 44.2. The summed E-state index contributed by atoms with van der Waals surface area (Å²) in [6.45, 7) is 12.7. The first kappa shape index (κ1) is 58.4. The second-order valence-corrected chi connectivity index (χ2v) is 21.6. The molecule has 72 heavy (non-hydrogen) atoms. The summed E-state index contributed by atoms with van der Waals surface area (Å²) in [5.41, 5.74) is 1.80. The van der Waals surface area contributed by atoms with Gasteiger partial charge in [0.25, 0.3) is 11.7 Å². The number of aliphatic hydroxyl groups excluding tert-OH is 2. The molecule has 3 aliphatic heterocycles. The van der Waals surface area contributed by atoms with Crippen molar-refractivity contribution in [3.63, 3.8) is 0 Å². The number of allylic oxidation sites excluding steroid dienone is 7. The molecule has 1 aliphatic carbocycles. The SMILES string of the molecule is CO[C@@H]1C[C@H](C[C@@H](C)[C@@H]2CC(=O)[C@H](C)/C=C(\C)[C@@H](O)[C@@H](OC)C(=O)[C@H](C)C[C@H](C)/C=C\C=C\C=C(C)[C@H](CC(=O)c3ccccc3)C[C@@H]3CC[C@@H](C)[C@@](O)(O3)C(=O)C(=O)N3CCCC[C@H]3C(=O)O2)CC[C@H]1O. The molecule has 398 valence electrons. The highest BCUT2D eigenvalue weighted by molar-refractivity contribution is 6.39. The van der Waals surface area contributed by atoms with E-state index < -0.39 is 77.8 Å². The molecule has 1 amide bonds. The summed E-state index contributed by atoms with van der Waals surface area (Å²) >= 11 is 0. The van der Waals surface area contributed by atoms with Crippen LogP contribution in [0.15, 0.2) is 77.9 Å². The van der Waals surface area contributed by atoms with Gasteiger partial charge in [-0.15, -0.1) is 0 Å². The molecule has 14 nitrogen and oxygen atoms in total. The minimum absolute atomic E-state index is 0.0228. The van der Waals surface area contributed by atoms with Crippen LogP contribution in [0.5, 0.6) is 0 Å². The van der Waals surface area contributed by atoms with E-state index in [0.29, 0.717) is 68.9 Å². The molecule has 4 aliphatic rings. The van der Waals surface area contributed by atoms with Gasteiger partial charge in [0, 0.05) is 56.9 Å². The molecule has 1 aromatic rings. The van der Waals surface area contributed by atoms with Gasteiger partial charge in [-0.05, 0) is 114 Å². The van der Waals surface area contributed by atoms with E-state index in [2.05, 4.69) is 0 Å². The maximum Gasteiger partial charge on any atom is 0.329 e. The number of ketones is 4. The minimum Gasteiger partial charge on any atom is -0.460 e. The third-order valence-electron chi connectivity index (χ3n) is 15.9. The van der Waals surface area contributed by atoms with Crippen molar-refractivity contribution in [2.45, 2.75) is 180 Å². The van der Waals surface area contributed by atoms with Gasteiger partial charge < -0.3 is 39.2 Å². The number of piperidine rings is 1. The number of benzene rings is 1. The number of rotatable bonds is 8. The van der Waals surface area contributed by atoms with Crippen LogP contribution < -0.4 is 0 Å². The molecule has 0 aromatic heterocycles. The van der Waals surface area contributed by atoms with Crippen molar-refractivity contribution in [3.05, 3.63) is 83.5 Å². The summed E-state index contributed by atoms with van der Waals surface area (Å²) in [7, 11) is 2.93. The summed E-state index contributed by atoms with van der Waals surface area (Å²) in [5, 5.41) is 34.2. The highest BCUT2D eigenvalue weighted by Gasteiger charge is 2.53. The molecule has 3 fully saturated rings. The maximum absolute atomic E-state index is 14.5. The Hall–Kier alpha value is -4.44. The Kier molecular flexibility index (Phi) is 22.1. The average Bonchev–Trinajstić information content (AvgIpc) is 3.36. The predicted molar refractivity (Wildman–Crippen MR) is 273 cm³/mol. The van der Waals surface area contributed by atoms with E-state index in [0.717, 1.165) is 5.57 Å². The minimum atomic E-state index is -2.50. The fourth-order valence-corrected chi connectivity index (χ4v) is 11.2. The van der Waals surface area contributed by atoms with Crippen molar-refractivity contribution < 1.29 is 63.0 Å². The van der Waals surface area contributed by atoms with E-state index in [1.807, 2.05) is 57.2 Å². The third kappa shape index (κ3) is 15.3. The lowest BCUT2D eigenvalue weighted by molar-refractivity contribution is -0.264. The van der Waals surface area contributed by atoms with Crippen LogP contribution in [0.4, 0.5) is 0 Å². The van der Waals surface area contributed by atoms with Crippen LogP contribution in [0, 0.1) is 41.4 Å². The molecule has 15 atom stereocenters. The topological polar surface area (TPSA) is 203 Å². The number of carbonyl (C=O) groups excluding carboxylic acids is 6. The Bertz CT molecular complexity index is 2150. The van der Waals surface area contributed by atoms with Crippen LogP contribution in [-0.4, -0.2) is 124 Å². The van der Waals surface area contributed by atoms with Crippen LogP contribution in [0.1, 0.15) is 142 Å². The number of carbonyl (C=O) groups is 6. The third-order valence-corrected chi connectivity index (χ3v) is 15.9. The van der Waals surface area contributed by atoms with E-state index in [-0.39, 0.29) is 79.4 Å². The van der Waals surface area contributed by atoms with Gasteiger partial charge in [-0.3, -0.25) is 24.0 Å². The van der Waals surface area contributed by atoms with E-state index in [9.17, 15) is 44.1 Å². The number of aliphatic hydroxyl groups is 3. The number of ether oxygens (including phenoxy) is 4. The van der Waals surface area contributed by atoms with Crippen molar-refractivity contribution in [1.29, 1.82) is 0 Å². The second kappa shape index (κ2) is 27.2. The van der Waals surface area contributed by atoms with Gasteiger partial charge in [0.2, 0.25) is 5.79 Å². The Balaban J connectivity index is 1.50. The van der Waals surface area contributed by atoms with E-state index >= 15 is 0 Å². The molecule has 2 bridgehead atoms. The number of hydrogen-bond acceptors (Lipinski definition) is 13. The number of Topliss-reactive ketones (excluding diaryl/α,β-unsaturated/α-hetero) is 4. The monoisotopic (exact) mass is 1000 g/mol. The first-order valence-electron chi connectivity index (χ1n) is 26.4. The standard InChI is InChI=1S/C58H83NO13/c1-35-18-12-10-13-19-36(2)44(33-49(62)43-20-14-11-15-21-43)32-45-25-23-41(7)58(68,72-45)55(65)56(66)59-27-17-16-22-46(59)57(67)71-50(38(4)30-42-24-26-47(60)51(31-42)69-8)34-48(61)37(3)29-40(6)53(64)54(70-9)52(63)39(5)28-35/h10-15,18-21,29,35,37-39,41-42,44-47,50-51,53-54,60,64,68H,16-17,22-28,30-34H2,1-9H3/b13-10+,18-12-,36-19?,40-29+/t35-,37-,38-,39-,41-,42+,44+,45+,46+,47-,50+,51-,53-,54+,58-/m1/s1. The van der Waals surface area contributed by atoms with Crippen LogP contribution in [-0.2, 0) is 42.9 Å². The molecule has 0 radical (unpaired) electrons. The number of nitrogens with zero attached hydrogens (tertiary/aromatic N) is 1. The first-order valence-corrected chi connectivity index (χ1v) is 26.4.